The van der Waals surface area contributed by atoms with Gasteiger partial charge in [-0.15, -0.1) is 0 Å². The van der Waals surface area contributed by atoms with Gasteiger partial charge in [-0.05, 0) is 13.3 Å². The molecule has 13 heavy (non-hydrogen) atoms. The van der Waals surface area contributed by atoms with Crippen molar-refractivity contribution < 1.29 is 9.84 Å². The average Bonchev–Trinajstić information content (AvgIpc) is 2.17. The lowest BCUT2D eigenvalue weighted by Gasteiger charge is -2.42. The van der Waals surface area contributed by atoms with Crippen LogP contribution in [-0.4, -0.2) is 23.9 Å². The number of rotatable bonds is 2. The van der Waals surface area contributed by atoms with Crippen molar-refractivity contribution in [1.82, 2.24) is 0 Å². The Balaban J connectivity index is 2.82. The SMILES string of the molecule is CCC(C)(C#N)C1(O)CCOCC1. The highest BCUT2D eigenvalue weighted by atomic mass is 16.5. The number of hydrogen-bond donors (Lipinski definition) is 1. The fourth-order valence-electron chi connectivity index (χ4n) is 1.77. The molecule has 1 aliphatic rings. The average molecular weight is 183 g/mol. The van der Waals surface area contributed by atoms with E-state index in [1.165, 1.54) is 0 Å². The van der Waals surface area contributed by atoms with Gasteiger partial charge in [0.2, 0.25) is 0 Å². The predicted octanol–water partition coefficient (Wildman–Crippen LogP) is 1.47. The van der Waals surface area contributed by atoms with Crippen molar-refractivity contribution in [1.29, 1.82) is 5.26 Å². The number of hydrogen-bond acceptors (Lipinski definition) is 3. The predicted molar refractivity (Wildman–Crippen MR) is 49.0 cm³/mol. The Labute approximate surface area is 79.3 Å². The summed E-state index contributed by atoms with van der Waals surface area (Å²) in [5.41, 5.74) is -1.48. The molecule has 0 aromatic rings. The van der Waals surface area contributed by atoms with Crippen LogP contribution in [0.25, 0.3) is 0 Å². The minimum Gasteiger partial charge on any atom is -0.388 e. The normalized spacial score (nSPS) is 26.0. The van der Waals surface area contributed by atoms with Crippen molar-refractivity contribution in [2.45, 2.75) is 38.7 Å². The van der Waals surface area contributed by atoms with Gasteiger partial charge in [-0.25, -0.2) is 0 Å². The van der Waals surface area contributed by atoms with E-state index in [1.807, 2.05) is 13.8 Å². The van der Waals surface area contributed by atoms with Gasteiger partial charge in [-0.2, -0.15) is 5.26 Å². The zero-order valence-electron chi connectivity index (χ0n) is 8.34. The fourth-order valence-corrected chi connectivity index (χ4v) is 1.77. The Bertz CT molecular complexity index is 215. The van der Waals surface area contributed by atoms with Gasteiger partial charge in [0, 0.05) is 26.1 Å². The molecular formula is C10H17NO2. The maximum absolute atomic E-state index is 10.3. The third-order valence-electron chi connectivity index (χ3n) is 3.30. The van der Waals surface area contributed by atoms with E-state index in [4.69, 9.17) is 10.00 Å². The molecule has 1 aliphatic heterocycles. The Kier molecular flexibility index (Phi) is 2.94. The molecule has 0 aliphatic carbocycles. The van der Waals surface area contributed by atoms with Gasteiger partial charge >= 0.3 is 0 Å². The van der Waals surface area contributed by atoms with Crippen molar-refractivity contribution in [2.24, 2.45) is 5.41 Å². The lowest BCUT2D eigenvalue weighted by atomic mass is 9.68. The maximum atomic E-state index is 10.3. The Hall–Kier alpha value is -0.590. The minimum absolute atomic E-state index is 0.563. The molecule has 0 bridgehead atoms. The molecule has 0 saturated carbocycles. The number of nitriles is 1. The second kappa shape index (κ2) is 3.65. The van der Waals surface area contributed by atoms with Crippen LogP contribution in [0, 0.1) is 16.7 Å². The zero-order valence-corrected chi connectivity index (χ0v) is 8.34. The summed E-state index contributed by atoms with van der Waals surface area (Å²) in [4.78, 5) is 0. The summed E-state index contributed by atoms with van der Waals surface area (Å²) in [7, 11) is 0. The minimum atomic E-state index is -0.852. The van der Waals surface area contributed by atoms with Gasteiger partial charge < -0.3 is 9.84 Å². The monoisotopic (exact) mass is 183 g/mol. The zero-order chi connectivity index (χ0) is 9.95. The largest absolute Gasteiger partial charge is 0.388 e. The topological polar surface area (TPSA) is 53.2 Å². The molecule has 0 spiro atoms. The van der Waals surface area contributed by atoms with Gasteiger partial charge in [0.05, 0.1) is 17.1 Å². The highest BCUT2D eigenvalue weighted by Crippen LogP contribution is 2.40. The van der Waals surface area contributed by atoms with Crippen molar-refractivity contribution >= 4 is 0 Å². The summed E-state index contributed by atoms with van der Waals surface area (Å²) >= 11 is 0. The Morgan fingerprint density at radius 1 is 1.54 bits per heavy atom. The molecule has 0 aromatic heterocycles. The van der Waals surface area contributed by atoms with E-state index >= 15 is 0 Å². The lowest BCUT2D eigenvalue weighted by molar-refractivity contribution is -0.119. The number of ether oxygens (including phenoxy) is 1. The highest BCUT2D eigenvalue weighted by Gasteiger charge is 2.46. The first-order valence-electron chi connectivity index (χ1n) is 4.79. The molecule has 1 rings (SSSR count). The third kappa shape index (κ3) is 1.70. The van der Waals surface area contributed by atoms with E-state index in [2.05, 4.69) is 6.07 Å². The maximum Gasteiger partial charge on any atom is 0.0874 e. The summed E-state index contributed by atoms with van der Waals surface area (Å²) in [5, 5.41) is 19.3. The summed E-state index contributed by atoms with van der Waals surface area (Å²) in [5.74, 6) is 0. The van der Waals surface area contributed by atoms with Gasteiger partial charge in [-0.1, -0.05) is 6.92 Å². The van der Waals surface area contributed by atoms with E-state index in [1.54, 1.807) is 0 Å². The van der Waals surface area contributed by atoms with E-state index in [0.29, 0.717) is 32.5 Å². The first kappa shape index (κ1) is 10.5. The molecule has 1 heterocycles. The third-order valence-corrected chi connectivity index (χ3v) is 3.30. The van der Waals surface area contributed by atoms with E-state index in [-0.39, 0.29) is 0 Å². The molecule has 0 radical (unpaired) electrons. The van der Waals surface area contributed by atoms with Crippen molar-refractivity contribution in [2.75, 3.05) is 13.2 Å². The summed E-state index contributed by atoms with van der Waals surface area (Å²) < 4.78 is 5.18. The molecule has 3 nitrogen and oxygen atoms in total. The Morgan fingerprint density at radius 3 is 2.46 bits per heavy atom. The fraction of sp³-hybridized carbons (Fsp3) is 0.900. The summed E-state index contributed by atoms with van der Waals surface area (Å²) in [6, 6.07) is 2.23. The van der Waals surface area contributed by atoms with Crippen LogP contribution >= 0.6 is 0 Å². The van der Waals surface area contributed by atoms with Gasteiger partial charge in [-0.3, -0.25) is 0 Å². The van der Waals surface area contributed by atoms with E-state index in [9.17, 15) is 5.11 Å². The second-order valence-corrected chi connectivity index (χ2v) is 3.94. The smallest absolute Gasteiger partial charge is 0.0874 e. The molecule has 1 saturated heterocycles. The molecule has 1 unspecified atom stereocenters. The quantitative estimate of drug-likeness (QED) is 0.705. The van der Waals surface area contributed by atoms with Crippen molar-refractivity contribution in [3.63, 3.8) is 0 Å². The van der Waals surface area contributed by atoms with Crippen LogP contribution in [-0.2, 0) is 4.74 Å². The lowest BCUT2D eigenvalue weighted by Crippen LogP contribution is -2.49. The standard InChI is InChI=1S/C10H17NO2/c1-3-9(2,8-11)10(12)4-6-13-7-5-10/h12H,3-7H2,1-2H3. The highest BCUT2D eigenvalue weighted by molar-refractivity contribution is 5.09. The molecule has 1 atom stereocenters. The summed E-state index contributed by atoms with van der Waals surface area (Å²) in [6.07, 6.45) is 1.83. The van der Waals surface area contributed by atoms with Gasteiger partial charge in [0.25, 0.3) is 0 Å². The number of aliphatic hydroxyl groups is 1. The van der Waals surface area contributed by atoms with Gasteiger partial charge in [0.1, 0.15) is 0 Å². The number of nitrogens with zero attached hydrogens (tertiary/aromatic N) is 1. The van der Waals surface area contributed by atoms with Crippen molar-refractivity contribution in [3.05, 3.63) is 0 Å². The van der Waals surface area contributed by atoms with Crippen LogP contribution < -0.4 is 0 Å². The molecule has 74 valence electrons. The molecule has 1 fully saturated rings. The van der Waals surface area contributed by atoms with Crippen LogP contribution in [0.2, 0.25) is 0 Å². The Morgan fingerprint density at radius 2 is 2.08 bits per heavy atom. The molecule has 3 heteroatoms. The first-order chi connectivity index (χ1) is 6.08. The second-order valence-electron chi connectivity index (χ2n) is 3.94. The molecule has 0 amide bonds. The van der Waals surface area contributed by atoms with E-state index < -0.39 is 11.0 Å². The van der Waals surface area contributed by atoms with E-state index in [0.717, 1.165) is 0 Å². The van der Waals surface area contributed by atoms with Crippen molar-refractivity contribution in [3.8, 4) is 6.07 Å². The molecule has 1 N–H and O–H groups in total. The van der Waals surface area contributed by atoms with Crippen LogP contribution in [0.4, 0.5) is 0 Å². The van der Waals surface area contributed by atoms with Crippen LogP contribution in [0.15, 0.2) is 0 Å². The molecule has 0 aromatic carbocycles. The van der Waals surface area contributed by atoms with Crippen LogP contribution in [0.1, 0.15) is 33.1 Å². The first-order valence-corrected chi connectivity index (χ1v) is 4.79. The van der Waals surface area contributed by atoms with Crippen LogP contribution in [0.3, 0.4) is 0 Å². The van der Waals surface area contributed by atoms with Gasteiger partial charge in [0.15, 0.2) is 0 Å². The summed E-state index contributed by atoms with van der Waals surface area (Å²) in [6.45, 7) is 4.90. The molecular weight excluding hydrogens is 166 g/mol. The van der Waals surface area contributed by atoms with Crippen LogP contribution in [0.5, 0.6) is 0 Å².